The Labute approximate surface area is 185 Å². The Bertz CT molecular complexity index is 910. The molecule has 0 aliphatic carbocycles. The molecule has 0 radical (unpaired) electrons. The number of carbonyl (C=O) groups is 1. The molecule has 2 aromatic carbocycles. The van der Waals surface area contributed by atoms with E-state index in [1.54, 1.807) is 0 Å². The molecule has 0 saturated carbocycles. The zero-order valence-corrected chi connectivity index (χ0v) is 18.4. The van der Waals surface area contributed by atoms with Gasteiger partial charge in [0.2, 0.25) is 0 Å². The zero-order valence-electron chi connectivity index (χ0n) is 17.6. The molecule has 6 nitrogen and oxygen atoms in total. The van der Waals surface area contributed by atoms with E-state index in [1.165, 1.54) is 0 Å². The Balaban J connectivity index is 1.56. The van der Waals surface area contributed by atoms with Gasteiger partial charge in [-0.2, -0.15) is 4.65 Å². The number of fused-ring (bicyclic) bond motifs is 1. The largest absolute Gasteiger partial charge is 0.481 e. The van der Waals surface area contributed by atoms with Crippen molar-refractivity contribution in [3.8, 4) is 0 Å². The van der Waals surface area contributed by atoms with Crippen LogP contribution in [0.3, 0.4) is 0 Å². The lowest BCUT2D eigenvalue weighted by Crippen LogP contribution is -2.56. The van der Waals surface area contributed by atoms with Crippen LogP contribution in [0.4, 0.5) is 0 Å². The van der Waals surface area contributed by atoms with Gasteiger partial charge < -0.3 is 5.11 Å². The molecular formula is C24H31N2O4S+. The molecule has 2 aromatic rings. The van der Waals surface area contributed by atoms with E-state index in [-0.39, 0.29) is 33.7 Å². The van der Waals surface area contributed by atoms with Crippen LogP contribution in [-0.4, -0.2) is 60.9 Å². The fraction of sp³-hybridized carbons (Fsp3) is 0.458. The second-order valence-corrected chi connectivity index (χ2v) is 10.6. The maximum atomic E-state index is 13.7. The van der Waals surface area contributed by atoms with Gasteiger partial charge in [-0.25, -0.2) is 5.21 Å². The smallest absolute Gasteiger partial charge is 0.303 e. The Morgan fingerprint density at radius 2 is 1.55 bits per heavy atom. The second-order valence-electron chi connectivity index (χ2n) is 8.73. The fourth-order valence-electron chi connectivity index (χ4n) is 5.18. The minimum atomic E-state index is -1.10. The van der Waals surface area contributed by atoms with Crippen LogP contribution in [0.25, 0.3) is 0 Å². The van der Waals surface area contributed by atoms with Gasteiger partial charge >= 0.3 is 5.97 Å². The molecule has 166 valence electrons. The third kappa shape index (κ3) is 4.90. The summed E-state index contributed by atoms with van der Waals surface area (Å²) in [6.07, 6.45) is 2.65. The van der Waals surface area contributed by atoms with Crippen LogP contribution >= 0.6 is 0 Å². The first kappa shape index (κ1) is 22.1. The molecular weight excluding hydrogens is 412 g/mol. The molecule has 3 N–H and O–H groups in total. The van der Waals surface area contributed by atoms with E-state index < -0.39 is 16.8 Å². The Hall–Kier alpha value is -2.06. The standard InChI is InChI=1S/C24H30N2O4S/c27-22(28)13-7-8-14-26(29)17-25-23-20(15-18-9-3-1-4-10-18)31(30)21(24(23)26)16-19-11-5-2-6-12-19/h1-6,9-12,20-21,23-25,29H,7-8,13-17H2/p+1. The van der Waals surface area contributed by atoms with E-state index >= 15 is 0 Å². The molecule has 4 rings (SSSR count). The fourth-order valence-corrected chi connectivity index (χ4v) is 7.56. The van der Waals surface area contributed by atoms with Crippen molar-refractivity contribution in [1.82, 2.24) is 5.32 Å². The molecule has 0 bridgehead atoms. The van der Waals surface area contributed by atoms with Crippen molar-refractivity contribution in [3.05, 3.63) is 71.8 Å². The van der Waals surface area contributed by atoms with Crippen molar-refractivity contribution in [1.29, 1.82) is 0 Å². The predicted molar refractivity (Wildman–Crippen MR) is 120 cm³/mol. The van der Waals surface area contributed by atoms with E-state index in [0.717, 1.165) is 11.1 Å². The summed E-state index contributed by atoms with van der Waals surface area (Å²) in [5.41, 5.74) is 2.29. The predicted octanol–water partition coefficient (Wildman–Crippen LogP) is 2.73. The number of benzene rings is 2. The van der Waals surface area contributed by atoms with Gasteiger partial charge in [0.1, 0.15) is 6.54 Å². The van der Waals surface area contributed by atoms with Crippen LogP contribution in [0.15, 0.2) is 60.7 Å². The lowest BCUT2D eigenvalue weighted by Gasteiger charge is -2.33. The van der Waals surface area contributed by atoms with Crippen LogP contribution in [0.2, 0.25) is 0 Å². The van der Waals surface area contributed by atoms with Crippen molar-refractivity contribution >= 4 is 16.8 Å². The number of nitrogens with zero attached hydrogens (tertiary/aromatic N) is 1. The number of unbranched alkanes of at least 4 members (excludes halogenated alkanes) is 1. The maximum Gasteiger partial charge on any atom is 0.303 e. The van der Waals surface area contributed by atoms with Crippen molar-refractivity contribution in [3.63, 3.8) is 0 Å². The molecule has 0 aromatic heterocycles. The van der Waals surface area contributed by atoms with Crippen LogP contribution in [0.5, 0.6) is 0 Å². The number of aliphatic carboxylic acids is 1. The van der Waals surface area contributed by atoms with Crippen molar-refractivity contribution in [2.24, 2.45) is 0 Å². The van der Waals surface area contributed by atoms with Crippen molar-refractivity contribution < 1.29 is 24.0 Å². The monoisotopic (exact) mass is 443 g/mol. The first-order chi connectivity index (χ1) is 15.0. The SMILES string of the molecule is O=C(O)CCCC[N+]1(O)CNC2C(Cc3ccccc3)S(=O)C(Cc3ccccc3)C21. The lowest BCUT2D eigenvalue weighted by atomic mass is 9.94. The van der Waals surface area contributed by atoms with Gasteiger partial charge in [-0.15, -0.1) is 0 Å². The first-order valence-corrected chi connectivity index (χ1v) is 12.3. The quantitative estimate of drug-likeness (QED) is 0.410. The normalized spacial score (nSPS) is 32.1. The molecule has 31 heavy (non-hydrogen) atoms. The summed E-state index contributed by atoms with van der Waals surface area (Å²) in [6, 6.07) is 20.0. The van der Waals surface area contributed by atoms with Gasteiger partial charge in [-0.3, -0.25) is 14.3 Å². The molecule has 2 aliphatic heterocycles. The summed E-state index contributed by atoms with van der Waals surface area (Å²) in [5, 5.41) is 23.8. The van der Waals surface area contributed by atoms with E-state index in [2.05, 4.69) is 29.6 Å². The van der Waals surface area contributed by atoms with E-state index in [1.807, 2.05) is 36.4 Å². The highest BCUT2D eigenvalue weighted by Gasteiger charge is 2.62. The minimum absolute atomic E-state index is 0.0285. The number of rotatable bonds is 9. The number of hydroxylamine groups is 3. The number of nitrogens with one attached hydrogen (secondary N) is 1. The first-order valence-electron chi connectivity index (χ1n) is 11.0. The Kier molecular flexibility index (Phi) is 6.86. The topological polar surface area (TPSA) is 86.6 Å². The molecule has 2 saturated heterocycles. The molecule has 6 unspecified atom stereocenters. The van der Waals surface area contributed by atoms with Gasteiger partial charge in [0.25, 0.3) is 0 Å². The van der Waals surface area contributed by atoms with Gasteiger partial charge in [-0.1, -0.05) is 60.7 Å². The molecule has 2 aliphatic rings. The number of hydrogen-bond acceptors (Lipinski definition) is 4. The van der Waals surface area contributed by atoms with Gasteiger partial charge in [-0.05, 0) is 30.4 Å². The number of quaternary nitrogens is 1. The van der Waals surface area contributed by atoms with Crippen LogP contribution in [0, 0.1) is 0 Å². The average Bonchev–Trinajstić information content (AvgIpc) is 3.23. The third-order valence-electron chi connectivity index (χ3n) is 6.65. The maximum absolute atomic E-state index is 13.7. The molecule has 7 heteroatoms. The highest BCUT2D eigenvalue weighted by Crippen LogP contribution is 2.39. The summed E-state index contributed by atoms with van der Waals surface area (Å²) in [4.78, 5) is 10.9. The number of hydrogen-bond donors (Lipinski definition) is 3. The molecule has 2 fully saturated rings. The minimum Gasteiger partial charge on any atom is -0.481 e. The Morgan fingerprint density at radius 1 is 0.968 bits per heavy atom. The summed E-state index contributed by atoms with van der Waals surface area (Å²) >= 11 is 0. The summed E-state index contributed by atoms with van der Waals surface area (Å²) < 4.78 is 13.5. The van der Waals surface area contributed by atoms with E-state index in [9.17, 15) is 14.2 Å². The molecule has 6 atom stereocenters. The molecule has 0 amide bonds. The Morgan fingerprint density at radius 3 is 2.13 bits per heavy atom. The lowest BCUT2D eigenvalue weighted by molar-refractivity contribution is -1.11. The zero-order chi connectivity index (χ0) is 21.8. The summed E-state index contributed by atoms with van der Waals surface area (Å²) in [5.74, 6) is -0.811. The van der Waals surface area contributed by atoms with E-state index in [0.29, 0.717) is 38.9 Å². The highest BCUT2D eigenvalue weighted by atomic mass is 32.2. The second kappa shape index (κ2) is 9.61. The van der Waals surface area contributed by atoms with Gasteiger partial charge in [0, 0.05) is 23.6 Å². The highest BCUT2D eigenvalue weighted by molar-refractivity contribution is 7.86. The van der Waals surface area contributed by atoms with Crippen LogP contribution in [0.1, 0.15) is 30.4 Å². The third-order valence-corrected chi connectivity index (χ3v) is 8.75. The van der Waals surface area contributed by atoms with Crippen molar-refractivity contribution in [2.45, 2.75) is 54.7 Å². The number of carboxylic acids is 1. The van der Waals surface area contributed by atoms with Crippen LogP contribution < -0.4 is 5.32 Å². The van der Waals surface area contributed by atoms with Crippen LogP contribution in [-0.2, 0) is 28.4 Å². The molecule has 0 spiro atoms. The number of carboxylic acid groups (broad SMARTS) is 1. The summed E-state index contributed by atoms with van der Waals surface area (Å²) in [7, 11) is -1.10. The summed E-state index contributed by atoms with van der Waals surface area (Å²) in [6.45, 7) is 0.887. The van der Waals surface area contributed by atoms with Crippen molar-refractivity contribution in [2.75, 3.05) is 13.2 Å². The van der Waals surface area contributed by atoms with E-state index in [4.69, 9.17) is 5.11 Å². The van der Waals surface area contributed by atoms with Gasteiger partial charge in [0.15, 0.2) is 12.7 Å². The average molecular weight is 444 g/mol. The molecule has 2 heterocycles. The van der Waals surface area contributed by atoms with Gasteiger partial charge in [0.05, 0.1) is 16.5 Å².